The maximum Gasteiger partial charge on any atom is 0.254 e. The molecule has 27 heavy (non-hydrogen) atoms. The molecule has 1 heterocycles. The van der Waals surface area contributed by atoms with Gasteiger partial charge in [-0.25, -0.2) is 4.39 Å². The topological polar surface area (TPSA) is 40.6 Å². The molecular formula is C22H23FN2O2. The Hall–Kier alpha value is -2.69. The summed E-state index contributed by atoms with van der Waals surface area (Å²) in [5, 5.41) is 0. The van der Waals surface area contributed by atoms with Crippen LogP contribution in [0.25, 0.3) is 0 Å². The van der Waals surface area contributed by atoms with Crippen molar-refractivity contribution < 1.29 is 14.0 Å². The van der Waals surface area contributed by atoms with E-state index in [0.29, 0.717) is 17.5 Å². The van der Waals surface area contributed by atoms with Crippen LogP contribution in [0, 0.1) is 5.82 Å². The summed E-state index contributed by atoms with van der Waals surface area (Å²) in [7, 11) is 0. The van der Waals surface area contributed by atoms with E-state index < -0.39 is 0 Å². The fraction of sp³-hybridized carbons (Fsp3) is 0.364. The third-order valence-electron chi connectivity index (χ3n) is 5.45. The zero-order valence-electron chi connectivity index (χ0n) is 15.4. The lowest BCUT2D eigenvalue weighted by atomic mass is 10.0. The Morgan fingerprint density at radius 1 is 1.15 bits per heavy atom. The second-order valence-corrected chi connectivity index (χ2v) is 7.34. The van der Waals surface area contributed by atoms with Crippen LogP contribution in [-0.2, 0) is 4.79 Å². The first-order valence-electron chi connectivity index (χ1n) is 9.54. The van der Waals surface area contributed by atoms with Crippen molar-refractivity contribution in [2.45, 2.75) is 44.7 Å². The first-order chi connectivity index (χ1) is 13.1. The van der Waals surface area contributed by atoms with Crippen molar-refractivity contribution in [1.29, 1.82) is 0 Å². The molecule has 2 aromatic rings. The molecule has 140 valence electrons. The third kappa shape index (κ3) is 3.46. The molecule has 0 spiro atoms. The highest BCUT2D eigenvalue weighted by Crippen LogP contribution is 2.36. The molecule has 1 saturated carbocycles. The average Bonchev–Trinajstić information content (AvgIpc) is 3.42. The Morgan fingerprint density at radius 2 is 1.85 bits per heavy atom. The molecule has 0 bridgehead atoms. The zero-order chi connectivity index (χ0) is 19.0. The van der Waals surface area contributed by atoms with E-state index >= 15 is 0 Å². The third-order valence-corrected chi connectivity index (χ3v) is 5.45. The van der Waals surface area contributed by atoms with Gasteiger partial charge in [-0.3, -0.25) is 9.59 Å². The number of nitrogens with zero attached hydrogens (tertiary/aromatic N) is 2. The molecule has 1 aliphatic heterocycles. The minimum atomic E-state index is -0.328. The minimum Gasteiger partial charge on any atom is -0.329 e. The van der Waals surface area contributed by atoms with E-state index in [0.717, 1.165) is 31.5 Å². The summed E-state index contributed by atoms with van der Waals surface area (Å²) < 4.78 is 14.2. The van der Waals surface area contributed by atoms with Crippen LogP contribution in [0.5, 0.6) is 0 Å². The van der Waals surface area contributed by atoms with E-state index in [-0.39, 0.29) is 29.7 Å². The number of hydrogen-bond donors (Lipinski definition) is 0. The van der Waals surface area contributed by atoms with Gasteiger partial charge in [-0.1, -0.05) is 18.2 Å². The lowest BCUT2D eigenvalue weighted by molar-refractivity contribution is -0.117. The van der Waals surface area contributed by atoms with Gasteiger partial charge >= 0.3 is 0 Å². The fourth-order valence-electron chi connectivity index (χ4n) is 3.83. The molecule has 1 aliphatic carbocycles. The summed E-state index contributed by atoms with van der Waals surface area (Å²) in [6.45, 7) is 2.61. The van der Waals surface area contributed by atoms with Crippen LogP contribution in [0.3, 0.4) is 0 Å². The van der Waals surface area contributed by atoms with E-state index in [2.05, 4.69) is 0 Å². The fourth-order valence-corrected chi connectivity index (χ4v) is 3.83. The van der Waals surface area contributed by atoms with Crippen molar-refractivity contribution in [2.24, 2.45) is 0 Å². The van der Waals surface area contributed by atoms with Gasteiger partial charge in [0, 0.05) is 35.8 Å². The normalized spacial score (nSPS) is 17.9. The van der Waals surface area contributed by atoms with Gasteiger partial charge in [-0.2, -0.15) is 0 Å². The second-order valence-electron chi connectivity index (χ2n) is 7.34. The number of anilines is 1. The lowest BCUT2D eigenvalue weighted by Gasteiger charge is -2.30. The van der Waals surface area contributed by atoms with Crippen molar-refractivity contribution in [3.63, 3.8) is 0 Å². The number of carbonyl (C=O) groups excluding carboxylic acids is 2. The Balaban J connectivity index is 1.57. The summed E-state index contributed by atoms with van der Waals surface area (Å²) >= 11 is 0. The molecule has 4 rings (SSSR count). The average molecular weight is 366 g/mol. The number of benzene rings is 2. The molecule has 1 saturated heterocycles. The predicted octanol–water partition coefficient (Wildman–Crippen LogP) is 4.32. The molecule has 0 N–H and O–H groups in total. The lowest BCUT2D eigenvalue weighted by Crippen LogP contribution is -2.36. The Morgan fingerprint density at radius 3 is 2.44 bits per heavy atom. The van der Waals surface area contributed by atoms with Crippen LogP contribution in [0.1, 0.15) is 54.6 Å². The first kappa shape index (κ1) is 17.7. The van der Waals surface area contributed by atoms with Gasteiger partial charge in [0.1, 0.15) is 5.82 Å². The number of halogens is 1. The largest absolute Gasteiger partial charge is 0.329 e. The highest BCUT2D eigenvalue weighted by molar-refractivity contribution is 5.98. The van der Waals surface area contributed by atoms with Gasteiger partial charge in [0.05, 0.1) is 6.04 Å². The monoisotopic (exact) mass is 366 g/mol. The minimum absolute atomic E-state index is 0.0902. The van der Waals surface area contributed by atoms with Crippen LogP contribution >= 0.6 is 0 Å². The molecule has 5 heteroatoms. The highest BCUT2D eigenvalue weighted by atomic mass is 19.1. The number of amides is 2. The Kier molecular flexibility index (Phi) is 4.68. The van der Waals surface area contributed by atoms with E-state index in [1.807, 2.05) is 19.1 Å². The van der Waals surface area contributed by atoms with E-state index in [1.165, 1.54) is 6.07 Å². The Labute approximate surface area is 158 Å². The summed E-state index contributed by atoms with van der Waals surface area (Å²) in [5.74, 6) is -0.249. The van der Waals surface area contributed by atoms with E-state index in [9.17, 15) is 14.0 Å². The van der Waals surface area contributed by atoms with Crippen molar-refractivity contribution in [2.75, 3.05) is 11.4 Å². The standard InChI is InChI=1S/C22H23FN2O2/c1-15(19-5-2-3-6-20(19)23)25(18-12-13-18)22(27)16-8-10-17(11-9-16)24-14-4-7-21(24)26/h2-3,5-6,8-11,15,18H,4,7,12-14H2,1H3. The number of rotatable bonds is 5. The molecule has 2 fully saturated rings. The zero-order valence-corrected chi connectivity index (χ0v) is 15.4. The molecular weight excluding hydrogens is 343 g/mol. The summed E-state index contributed by atoms with van der Waals surface area (Å²) in [4.78, 5) is 28.6. The van der Waals surface area contributed by atoms with E-state index in [1.54, 1.807) is 40.1 Å². The molecule has 2 aromatic carbocycles. The molecule has 1 unspecified atom stereocenters. The second kappa shape index (κ2) is 7.14. The number of hydrogen-bond acceptors (Lipinski definition) is 2. The highest BCUT2D eigenvalue weighted by Gasteiger charge is 2.37. The van der Waals surface area contributed by atoms with Crippen LogP contribution in [0.2, 0.25) is 0 Å². The molecule has 0 radical (unpaired) electrons. The maximum atomic E-state index is 14.2. The van der Waals surface area contributed by atoms with Gasteiger partial charge < -0.3 is 9.80 Å². The maximum absolute atomic E-state index is 14.2. The van der Waals surface area contributed by atoms with Crippen LogP contribution in [0.4, 0.5) is 10.1 Å². The van der Waals surface area contributed by atoms with Crippen LogP contribution in [0.15, 0.2) is 48.5 Å². The molecule has 0 aromatic heterocycles. The van der Waals surface area contributed by atoms with Crippen LogP contribution in [-0.4, -0.2) is 29.3 Å². The summed E-state index contributed by atoms with van der Waals surface area (Å²) in [5.41, 5.74) is 1.94. The van der Waals surface area contributed by atoms with Gasteiger partial charge in [0.15, 0.2) is 0 Å². The molecule has 2 amide bonds. The molecule has 2 aliphatic rings. The predicted molar refractivity (Wildman–Crippen MR) is 102 cm³/mol. The van der Waals surface area contributed by atoms with Crippen molar-refractivity contribution in [3.8, 4) is 0 Å². The molecule has 1 atom stereocenters. The quantitative estimate of drug-likeness (QED) is 0.791. The van der Waals surface area contributed by atoms with Gasteiger partial charge in [0.2, 0.25) is 5.91 Å². The van der Waals surface area contributed by atoms with Crippen molar-refractivity contribution in [1.82, 2.24) is 4.90 Å². The van der Waals surface area contributed by atoms with E-state index in [4.69, 9.17) is 0 Å². The Bertz CT molecular complexity index is 861. The van der Waals surface area contributed by atoms with Gasteiger partial charge in [0.25, 0.3) is 5.91 Å². The smallest absolute Gasteiger partial charge is 0.254 e. The molecule has 4 nitrogen and oxygen atoms in total. The van der Waals surface area contributed by atoms with Gasteiger partial charge in [-0.15, -0.1) is 0 Å². The first-order valence-corrected chi connectivity index (χ1v) is 9.54. The van der Waals surface area contributed by atoms with Crippen LogP contribution < -0.4 is 4.90 Å². The number of carbonyl (C=O) groups is 2. The SMILES string of the molecule is CC(c1ccccc1F)N(C(=O)c1ccc(N2CCCC2=O)cc1)C1CC1. The summed E-state index contributed by atoms with van der Waals surface area (Å²) in [6.07, 6.45) is 3.35. The van der Waals surface area contributed by atoms with Crippen molar-refractivity contribution in [3.05, 3.63) is 65.5 Å². The summed E-state index contributed by atoms with van der Waals surface area (Å²) in [6, 6.07) is 13.7. The van der Waals surface area contributed by atoms with Crippen molar-refractivity contribution >= 4 is 17.5 Å². The van der Waals surface area contributed by atoms with Gasteiger partial charge in [-0.05, 0) is 56.5 Å².